The fourth-order valence-electron chi connectivity index (χ4n) is 2.24. The average molecular weight is 227 g/mol. The van der Waals surface area contributed by atoms with E-state index in [0.29, 0.717) is 5.92 Å². The van der Waals surface area contributed by atoms with Crippen molar-refractivity contribution >= 4 is 16.6 Å². The minimum atomic E-state index is 0.608. The molecule has 0 atom stereocenters. The summed E-state index contributed by atoms with van der Waals surface area (Å²) in [6.45, 7) is 2.16. The number of nitrogens with one attached hydrogen (secondary N) is 1. The van der Waals surface area contributed by atoms with Crippen LogP contribution in [0.4, 0.5) is 5.69 Å². The number of rotatable bonds is 3. The van der Waals surface area contributed by atoms with Crippen molar-refractivity contribution < 1.29 is 0 Å². The maximum absolute atomic E-state index is 5.59. The van der Waals surface area contributed by atoms with Gasteiger partial charge in [-0.3, -0.25) is 10.8 Å². The van der Waals surface area contributed by atoms with E-state index in [4.69, 9.17) is 10.8 Å². The van der Waals surface area contributed by atoms with Crippen molar-refractivity contribution in [2.75, 3.05) is 5.43 Å². The van der Waals surface area contributed by atoms with Gasteiger partial charge in [-0.2, -0.15) is 0 Å². The molecule has 3 nitrogen and oxygen atoms in total. The quantitative estimate of drug-likeness (QED) is 0.626. The van der Waals surface area contributed by atoms with E-state index < -0.39 is 0 Å². The van der Waals surface area contributed by atoms with Crippen LogP contribution in [0.2, 0.25) is 0 Å². The van der Waals surface area contributed by atoms with Gasteiger partial charge >= 0.3 is 0 Å². The lowest BCUT2D eigenvalue weighted by molar-refractivity contribution is 1.04. The molecule has 1 aromatic heterocycles. The Morgan fingerprint density at radius 2 is 2.18 bits per heavy atom. The van der Waals surface area contributed by atoms with Crippen molar-refractivity contribution in [3.8, 4) is 0 Å². The number of pyridine rings is 1. The summed E-state index contributed by atoms with van der Waals surface area (Å²) >= 11 is 0. The Labute approximate surface area is 101 Å². The summed E-state index contributed by atoms with van der Waals surface area (Å²) in [5.41, 5.74) is 7.30. The van der Waals surface area contributed by atoms with Crippen molar-refractivity contribution in [3.63, 3.8) is 0 Å². The number of benzene rings is 1. The summed E-state index contributed by atoms with van der Waals surface area (Å²) in [5.74, 6) is 6.20. The van der Waals surface area contributed by atoms with Gasteiger partial charge in [-0.25, -0.2) is 0 Å². The van der Waals surface area contributed by atoms with Gasteiger partial charge in [-0.1, -0.05) is 13.0 Å². The zero-order valence-electron chi connectivity index (χ0n) is 10.0. The molecule has 3 rings (SSSR count). The van der Waals surface area contributed by atoms with Crippen LogP contribution in [0.1, 0.15) is 36.9 Å². The predicted octanol–water partition coefficient (Wildman–Crippen LogP) is 2.96. The van der Waals surface area contributed by atoms with Gasteiger partial charge in [0.2, 0.25) is 0 Å². The van der Waals surface area contributed by atoms with E-state index in [0.717, 1.165) is 23.3 Å². The van der Waals surface area contributed by atoms with E-state index in [2.05, 4.69) is 36.6 Å². The van der Waals surface area contributed by atoms with Crippen LogP contribution in [0.25, 0.3) is 10.9 Å². The number of nitrogens with zero attached hydrogens (tertiary/aromatic N) is 1. The minimum absolute atomic E-state index is 0.608. The van der Waals surface area contributed by atoms with Crippen LogP contribution < -0.4 is 11.3 Å². The molecule has 17 heavy (non-hydrogen) atoms. The molecule has 1 fully saturated rings. The molecule has 3 heteroatoms. The Morgan fingerprint density at radius 1 is 1.35 bits per heavy atom. The number of fused-ring (bicyclic) bond motifs is 1. The van der Waals surface area contributed by atoms with Gasteiger partial charge in [0.15, 0.2) is 0 Å². The number of aryl methyl sites for hydroxylation is 1. The molecule has 3 N–H and O–H groups in total. The monoisotopic (exact) mass is 227 g/mol. The molecule has 2 aromatic rings. The Balaban J connectivity index is 2.17. The molecular formula is C14H17N3. The third-order valence-corrected chi connectivity index (χ3v) is 3.44. The van der Waals surface area contributed by atoms with E-state index in [9.17, 15) is 0 Å². The van der Waals surface area contributed by atoms with Crippen LogP contribution in [-0.2, 0) is 6.42 Å². The number of hydrazine groups is 1. The summed E-state index contributed by atoms with van der Waals surface area (Å²) in [6.07, 6.45) is 3.52. The summed E-state index contributed by atoms with van der Waals surface area (Å²) < 4.78 is 0. The number of nitrogens with two attached hydrogens (primary N) is 1. The molecular weight excluding hydrogens is 210 g/mol. The molecule has 0 saturated heterocycles. The lowest BCUT2D eigenvalue weighted by Crippen LogP contribution is -2.10. The van der Waals surface area contributed by atoms with Gasteiger partial charge in [-0.15, -0.1) is 0 Å². The van der Waals surface area contributed by atoms with Crippen LogP contribution in [0.3, 0.4) is 0 Å². The minimum Gasteiger partial charge on any atom is -0.322 e. The highest BCUT2D eigenvalue weighted by Gasteiger charge is 2.27. The molecule has 0 bridgehead atoms. The smallest absolute Gasteiger partial charge is 0.0710 e. The molecule has 0 aliphatic heterocycles. The normalized spacial score (nSPS) is 15.2. The van der Waals surface area contributed by atoms with Gasteiger partial charge in [0.25, 0.3) is 0 Å². The Kier molecular flexibility index (Phi) is 2.48. The van der Waals surface area contributed by atoms with Crippen molar-refractivity contribution in [1.29, 1.82) is 0 Å². The number of aromatic nitrogens is 1. The Morgan fingerprint density at radius 3 is 2.82 bits per heavy atom. The molecule has 88 valence electrons. The van der Waals surface area contributed by atoms with Crippen molar-refractivity contribution in [1.82, 2.24) is 4.98 Å². The fraction of sp³-hybridized carbons (Fsp3) is 0.357. The lowest BCUT2D eigenvalue weighted by atomic mass is 10.1. The second-order valence-corrected chi connectivity index (χ2v) is 4.72. The highest BCUT2D eigenvalue weighted by Crippen LogP contribution is 2.42. The van der Waals surface area contributed by atoms with Crippen molar-refractivity contribution in [2.45, 2.75) is 32.1 Å². The fourth-order valence-corrected chi connectivity index (χ4v) is 2.24. The van der Waals surface area contributed by atoms with Crippen LogP contribution in [0.15, 0.2) is 24.3 Å². The van der Waals surface area contributed by atoms with E-state index >= 15 is 0 Å². The highest BCUT2D eigenvalue weighted by atomic mass is 15.2. The molecule has 1 aromatic carbocycles. The SMILES string of the molecule is CCc1ccc2nc(C3CC3)c(NN)cc2c1. The van der Waals surface area contributed by atoms with Crippen LogP contribution >= 0.6 is 0 Å². The summed E-state index contributed by atoms with van der Waals surface area (Å²) in [6, 6.07) is 8.58. The van der Waals surface area contributed by atoms with Crippen LogP contribution in [0, 0.1) is 0 Å². The van der Waals surface area contributed by atoms with Gasteiger partial charge in [0.1, 0.15) is 0 Å². The third kappa shape index (κ3) is 1.87. The molecule has 0 unspecified atom stereocenters. The number of anilines is 1. The standard InChI is InChI=1S/C14H17N3/c1-2-9-3-6-12-11(7-9)8-13(17-15)14(16-12)10-4-5-10/h3,6-8,10,17H,2,4-5,15H2,1H3. The van der Waals surface area contributed by atoms with E-state index in [1.54, 1.807) is 0 Å². The first-order valence-corrected chi connectivity index (χ1v) is 6.22. The van der Waals surface area contributed by atoms with E-state index in [1.165, 1.54) is 23.8 Å². The molecule has 1 heterocycles. The first kappa shape index (κ1) is 10.5. The lowest BCUT2D eigenvalue weighted by Gasteiger charge is -2.10. The third-order valence-electron chi connectivity index (χ3n) is 3.44. The zero-order valence-corrected chi connectivity index (χ0v) is 10.0. The predicted molar refractivity (Wildman–Crippen MR) is 70.9 cm³/mol. The maximum atomic E-state index is 5.59. The number of nitrogen functional groups attached to an aromatic ring is 1. The van der Waals surface area contributed by atoms with Gasteiger partial charge in [0.05, 0.1) is 16.9 Å². The number of hydrogen-bond donors (Lipinski definition) is 2. The van der Waals surface area contributed by atoms with E-state index in [1.807, 2.05) is 0 Å². The number of hydrogen-bond acceptors (Lipinski definition) is 3. The second kappa shape index (κ2) is 4.00. The first-order chi connectivity index (χ1) is 8.31. The summed E-state index contributed by atoms with van der Waals surface area (Å²) in [5, 5.41) is 1.17. The average Bonchev–Trinajstić information content (AvgIpc) is 3.20. The molecule has 1 aliphatic rings. The van der Waals surface area contributed by atoms with Crippen molar-refractivity contribution in [3.05, 3.63) is 35.5 Å². The Bertz CT molecular complexity index is 559. The zero-order chi connectivity index (χ0) is 11.8. The maximum Gasteiger partial charge on any atom is 0.0710 e. The molecule has 0 amide bonds. The molecule has 1 aliphatic carbocycles. The van der Waals surface area contributed by atoms with Gasteiger partial charge in [0, 0.05) is 11.3 Å². The van der Waals surface area contributed by atoms with Gasteiger partial charge in [-0.05, 0) is 43.0 Å². The highest BCUT2D eigenvalue weighted by molar-refractivity contribution is 5.83. The van der Waals surface area contributed by atoms with Crippen LogP contribution in [-0.4, -0.2) is 4.98 Å². The summed E-state index contributed by atoms with van der Waals surface area (Å²) in [4.78, 5) is 4.74. The van der Waals surface area contributed by atoms with Crippen molar-refractivity contribution in [2.24, 2.45) is 5.84 Å². The molecule has 0 spiro atoms. The summed E-state index contributed by atoms with van der Waals surface area (Å²) in [7, 11) is 0. The van der Waals surface area contributed by atoms with Gasteiger partial charge < -0.3 is 5.43 Å². The molecule has 0 radical (unpaired) electrons. The largest absolute Gasteiger partial charge is 0.322 e. The van der Waals surface area contributed by atoms with E-state index in [-0.39, 0.29) is 0 Å². The second-order valence-electron chi connectivity index (χ2n) is 4.72. The topological polar surface area (TPSA) is 50.9 Å². The van der Waals surface area contributed by atoms with Crippen LogP contribution in [0.5, 0.6) is 0 Å². The molecule has 1 saturated carbocycles. The Hall–Kier alpha value is -1.61. The first-order valence-electron chi connectivity index (χ1n) is 6.22.